The number of carboxylic acid groups (broad SMARTS) is 1. The topological polar surface area (TPSA) is 49.3 Å². The molecule has 0 atom stereocenters. The van der Waals surface area contributed by atoms with Crippen LogP contribution in [-0.2, 0) is 6.54 Å². The molecule has 3 heteroatoms. The van der Waals surface area contributed by atoms with Crippen LogP contribution in [0.2, 0.25) is 0 Å². The summed E-state index contributed by atoms with van der Waals surface area (Å²) in [7, 11) is 0. The average molecular weight is 241 g/mol. The second-order valence-electron chi connectivity index (χ2n) is 4.19. The number of aryl methyl sites for hydroxylation is 1. The lowest BCUT2D eigenvalue weighted by molar-refractivity contribution is 0.0698. The Kier molecular flexibility index (Phi) is 3.63. The molecule has 0 aliphatic heterocycles. The van der Waals surface area contributed by atoms with Gasteiger partial charge in [-0.3, -0.25) is 0 Å². The lowest BCUT2D eigenvalue weighted by Crippen LogP contribution is -2.06. The number of hydrogen-bond donors (Lipinski definition) is 2. The van der Waals surface area contributed by atoms with E-state index < -0.39 is 5.97 Å². The van der Waals surface area contributed by atoms with Crippen molar-refractivity contribution >= 4 is 11.7 Å². The molecule has 2 aromatic rings. The summed E-state index contributed by atoms with van der Waals surface area (Å²) in [6.07, 6.45) is 0. The minimum Gasteiger partial charge on any atom is -0.478 e. The Morgan fingerprint density at radius 1 is 1.11 bits per heavy atom. The van der Waals surface area contributed by atoms with E-state index in [0.29, 0.717) is 17.8 Å². The normalized spacial score (nSPS) is 10.1. The van der Waals surface area contributed by atoms with Crippen LogP contribution in [0.1, 0.15) is 21.5 Å². The molecular weight excluding hydrogens is 226 g/mol. The van der Waals surface area contributed by atoms with Gasteiger partial charge in [-0.05, 0) is 24.6 Å². The van der Waals surface area contributed by atoms with E-state index >= 15 is 0 Å². The maximum Gasteiger partial charge on any atom is 0.337 e. The van der Waals surface area contributed by atoms with Crippen molar-refractivity contribution in [2.75, 3.05) is 5.32 Å². The molecule has 0 saturated carbocycles. The first-order valence-electron chi connectivity index (χ1n) is 5.78. The smallest absolute Gasteiger partial charge is 0.337 e. The summed E-state index contributed by atoms with van der Waals surface area (Å²) in [5.41, 5.74) is 3.28. The number of carboxylic acids is 1. The third kappa shape index (κ3) is 2.88. The molecule has 0 fully saturated rings. The van der Waals surface area contributed by atoms with E-state index in [0.717, 1.165) is 5.56 Å². The fraction of sp³-hybridized carbons (Fsp3) is 0.133. The van der Waals surface area contributed by atoms with Crippen molar-refractivity contribution in [3.05, 3.63) is 65.2 Å². The van der Waals surface area contributed by atoms with Crippen LogP contribution < -0.4 is 5.32 Å². The van der Waals surface area contributed by atoms with Crippen LogP contribution in [0, 0.1) is 6.92 Å². The molecule has 0 heterocycles. The second-order valence-corrected chi connectivity index (χ2v) is 4.19. The quantitative estimate of drug-likeness (QED) is 0.863. The van der Waals surface area contributed by atoms with E-state index in [1.165, 1.54) is 5.56 Å². The minimum atomic E-state index is -0.915. The zero-order valence-electron chi connectivity index (χ0n) is 10.2. The zero-order chi connectivity index (χ0) is 13.0. The number of aromatic carboxylic acids is 1. The zero-order valence-corrected chi connectivity index (χ0v) is 10.2. The lowest BCUT2D eigenvalue weighted by atomic mass is 10.1. The van der Waals surface area contributed by atoms with Crippen LogP contribution in [-0.4, -0.2) is 11.1 Å². The number of para-hydroxylation sites is 1. The highest BCUT2D eigenvalue weighted by Gasteiger charge is 2.07. The molecule has 0 aliphatic carbocycles. The van der Waals surface area contributed by atoms with Crippen molar-refractivity contribution in [3.8, 4) is 0 Å². The third-order valence-corrected chi connectivity index (χ3v) is 2.76. The van der Waals surface area contributed by atoms with E-state index in [9.17, 15) is 4.79 Å². The molecular formula is C15H15NO2. The molecule has 18 heavy (non-hydrogen) atoms. The van der Waals surface area contributed by atoms with Gasteiger partial charge in [-0.25, -0.2) is 4.79 Å². The second kappa shape index (κ2) is 5.36. The lowest BCUT2D eigenvalue weighted by Gasteiger charge is -2.09. The summed E-state index contributed by atoms with van der Waals surface area (Å²) >= 11 is 0. The Morgan fingerprint density at radius 2 is 1.78 bits per heavy atom. The molecule has 92 valence electrons. The highest BCUT2D eigenvalue weighted by atomic mass is 16.4. The van der Waals surface area contributed by atoms with E-state index in [2.05, 4.69) is 5.32 Å². The van der Waals surface area contributed by atoms with Gasteiger partial charge < -0.3 is 10.4 Å². The van der Waals surface area contributed by atoms with Gasteiger partial charge in [0, 0.05) is 12.2 Å². The van der Waals surface area contributed by atoms with Gasteiger partial charge in [0.05, 0.1) is 5.56 Å². The monoisotopic (exact) mass is 241 g/mol. The van der Waals surface area contributed by atoms with E-state index in [1.807, 2.05) is 37.3 Å². The van der Waals surface area contributed by atoms with Gasteiger partial charge in [0.25, 0.3) is 0 Å². The fourth-order valence-electron chi connectivity index (χ4n) is 1.73. The largest absolute Gasteiger partial charge is 0.478 e. The van der Waals surface area contributed by atoms with Crippen LogP contribution >= 0.6 is 0 Å². The summed E-state index contributed by atoms with van der Waals surface area (Å²) in [6.45, 7) is 2.65. The molecule has 2 N–H and O–H groups in total. The van der Waals surface area contributed by atoms with Crippen LogP contribution in [0.4, 0.5) is 5.69 Å². The molecule has 2 aromatic carbocycles. The average Bonchev–Trinajstić information content (AvgIpc) is 2.38. The van der Waals surface area contributed by atoms with Crippen molar-refractivity contribution < 1.29 is 9.90 Å². The van der Waals surface area contributed by atoms with Gasteiger partial charge in [0.15, 0.2) is 0 Å². The van der Waals surface area contributed by atoms with Gasteiger partial charge in [-0.1, -0.05) is 42.0 Å². The Labute approximate surface area is 106 Å². The number of benzene rings is 2. The van der Waals surface area contributed by atoms with Crippen molar-refractivity contribution in [2.45, 2.75) is 13.5 Å². The Balaban J connectivity index is 2.10. The molecule has 0 spiro atoms. The predicted octanol–water partition coefficient (Wildman–Crippen LogP) is 3.31. The molecule has 0 bridgehead atoms. The first-order chi connectivity index (χ1) is 8.66. The molecule has 0 aromatic heterocycles. The fourth-order valence-corrected chi connectivity index (χ4v) is 1.73. The highest BCUT2D eigenvalue weighted by Crippen LogP contribution is 2.16. The standard InChI is InChI=1S/C15H15NO2/c1-11-6-8-12(9-7-11)10-16-14-5-3-2-4-13(14)15(17)18/h2-9,16H,10H2,1H3,(H,17,18). The number of nitrogens with one attached hydrogen (secondary N) is 1. The number of carbonyl (C=O) groups is 1. The summed E-state index contributed by atoms with van der Waals surface area (Å²) in [5, 5.41) is 12.2. The van der Waals surface area contributed by atoms with Crippen LogP contribution in [0.15, 0.2) is 48.5 Å². The van der Waals surface area contributed by atoms with Crippen LogP contribution in [0.25, 0.3) is 0 Å². The molecule has 0 aliphatic rings. The molecule has 0 amide bonds. The van der Waals surface area contributed by atoms with Crippen LogP contribution in [0.3, 0.4) is 0 Å². The Morgan fingerprint density at radius 3 is 2.44 bits per heavy atom. The predicted molar refractivity (Wildman–Crippen MR) is 71.9 cm³/mol. The maximum absolute atomic E-state index is 11.0. The van der Waals surface area contributed by atoms with Crippen LogP contribution in [0.5, 0.6) is 0 Å². The molecule has 0 unspecified atom stereocenters. The van der Waals surface area contributed by atoms with E-state index in [-0.39, 0.29) is 0 Å². The van der Waals surface area contributed by atoms with Crippen molar-refractivity contribution in [2.24, 2.45) is 0 Å². The SMILES string of the molecule is Cc1ccc(CNc2ccccc2C(=O)O)cc1. The van der Waals surface area contributed by atoms with E-state index in [4.69, 9.17) is 5.11 Å². The number of rotatable bonds is 4. The molecule has 0 saturated heterocycles. The molecule has 3 nitrogen and oxygen atoms in total. The summed E-state index contributed by atoms with van der Waals surface area (Å²) in [4.78, 5) is 11.0. The van der Waals surface area contributed by atoms with Gasteiger partial charge in [0.1, 0.15) is 0 Å². The van der Waals surface area contributed by atoms with Crippen molar-refractivity contribution in [3.63, 3.8) is 0 Å². The van der Waals surface area contributed by atoms with Gasteiger partial charge in [-0.15, -0.1) is 0 Å². The summed E-state index contributed by atoms with van der Waals surface area (Å²) in [6, 6.07) is 15.1. The van der Waals surface area contributed by atoms with E-state index in [1.54, 1.807) is 18.2 Å². The Hall–Kier alpha value is -2.29. The van der Waals surface area contributed by atoms with Crippen molar-refractivity contribution in [1.29, 1.82) is 0 Å². The maximum atomic E-state index is 11.0. The minimum absolute atomic E-state index is 0.296. The number of hydrogen-bond acceptors (Lipinski definition) is 2. The first kappa shape index (κ1) is 12.2. The van der Waals surface area contributed by atoms with Gasteiger partial charge in [-0.2, -0.15) is 0 Å². The highest BCUT2D eigenvalue weighted by molar-refractivity contribution is 5.94. The van der Waals surface area contributed by atoms with Gasteiger partial charge >= 0.3 is 5.97 Å². The first-order valence-corrected chi connectivity index (χ1v) is 5.78. The van der Waals surface area contributed by atoms with Crippen molar-refractivity contribution in [1.82, 2.24) is 0 Å². The molecule has 0 radical (unpaired) electrons. The number of anilines is 1. The summed E-state index contributed by atoms with van der Waals surface area (Å²) in [5.74, 6) is -0.915. The molecule has 2 rings (SSSR count). The Bertz CT molecular complexity index is 547. The summed E-state index contributed by atoms with van der Waals surface area (Å²) < 4.78 is 0. The van der Waals surface area contributed by atoms with Gasteiger partial charge in [0.2, 0.25) is 0 Å². The third-order valence-electron chi connectivity index (χ3n) is 2.76.